The monoisotopic (exact) mass is 282 g/mol. The first kappa shape index (κ1) is 12.2. The van der Waals surface area contributed by atoms with Gasteiger partial charge in [-0.25, -0.2) is 4.98 Å². The van der Waals surface area contributed by atoms with Crippen molar-refractivity contribution in [3.63, 3.8) is 0 Å². The predicted molar refractivity (Wildman–Crippen MR) is 79.8 cm³/mol. The van der Waals surface area contributed by atoms with Gasteiger partial charge in [0.15, 0.2) is 0 Å². The zero-order valence-corrected chi connectivity index (χ0v) is 11.3. The first-order chi connectivity index (χ1) is 10.2. The summed E-state index contributed by atoms with van der Waals surface area (Å²) in [5, 5.41) is 22.0. The first-order valence-corrected chi connectivity index (χ1v) is 7.04. The van der Waals surface area contributed by atoms with Crippen LogP contribution in [-0.2, 0) is 13.0 Å². The molecule has 0 aliphatic carbocycles. The fourth-order valence-electron chi connectivity index (χ4n) is 3.12. The van der Waals surface area contributed by atoms with Crippen LogP contribution in [0.3, 0.4) is 0 Å². The fourth-order valence-corrected chi connectivity index (χ4v) is 3.12. The van der Waals surface area contributed by atoms with Crippen molar-refractivity contribution >= 4 is 21.7 Å². The number of phenolic OH excluding ortho intramolecular Hbond substituents is 2. The molecule has 0 bridgehead atoms. The number of aryl methyl sites for hydroxylation is 1. The van der Waals surface area contributed by atoms with Crippen molar-refractivity contribution in [1.29, 1.82) is 0 Å². The van der Waals surface area contributed by atoms with Crippen LogP contribution in [-0.4, -0.2) is 19.8 Å². The second-order valence-corrected chi connectivity index (χ2v) is 5.41. The van der Waals surface area contributed by atoms with Crippen LogP contribution >= 0.6 is 0 Å². The highest BCUT2D eigenvalue weighted by Gasteiger charge is 2.21. The molecular formula is C16H14N2O3. The fraction of sp³-hybridized carbons (Fsp3) is 0.250. The molecule has 5 nitrogen and oxygen atoms in total. The van der Waals surface area contributed by atoms with E-state index in [0.717, 1.165) is 19.3 Å². The van der Waals surface area contributed by atoms with Gasteiger partial charge in [-0.3, -0.25) is 9.36 Å². The standard InChI is InChI=1S/C16H14N2O3/c19-14-9-5-1-2-6-10(9)15(20)13-12(14)16(21)18-8-4-3-7-11(18)17-13/h1-2,5-6,19-20H,3-4,7-8H2. The highest BCUT2D eigenvalue weighted by atomic mass is 16.3. The first-order valence-electron chi connectivity index (χ1n) is 7.04. The van der Waals surface area contributed by atoms with E-state index < -0.39 is 0 Å². The van der Waals surface area contributed by atoms with E-state index in [-0.39, 0.29) is 28.0 Å². The van der Waals surface area contributed by atoms with Gasteiger partial charge in [0.1, 0.15) is 28.2 Å². The van der Waals surface area contributed by atoms with Gasteiger partial charge in [0, 0.05) is 23.7 Å². The number of hydrogen-bond acceptors (Lipinski definition) is 4. The van der Waals surface area contributed by atoms with E-state index >= 15 is 0 Å². The number of aromatic nitrogens is 2. The van der Waals surface area contributed by atoms with Gasteiger partial charge in [0.05, 0.1) is 0 Å². The molecule has 1 aliphatic rings. The van der Waals surface area contributed by atoms with Crippen molar-refractivity contribution < 1.29 is 10.2 Å². The third kappa shape index (κ3) is 1.57. The Bertz CT molecular complexity index is 944. The molecule has 2 heterocycles. The summed E-state index contributed by atoms with van der Waals surface area (Å²) in [7, 11) is 0. The third-order valence-corrected chi connectivity index (χ3v) is 4.18. The summed E-state index contributed by atoms with van der Waals surface area (Å²) >= 11 is 0. The summed E-state index contributed by atoms with van der Waals surface area (Å²) in [6, 6.07) is 6.94. The molecule has 21 heavy (non-hydrogen) atoms. The minimum Gasteiger partial charge on any atom is -0.506 e. The van der Waals surface area contributed by atoms with Crippen molar-refractivity contribution in [2.75, 3.05) is 0 Å². The summed E-state index contributed by atoms with van der Waals surface area (Å²) in [6.07, 6.45) is 2.64. The molecule has 0 fully saturated rings. The Morgan fingerprint density at radius 2 is 1.76 bits per heavy atom. The molecule has 1 aromatic heterocycles. The van der Waals surface area contributed by atoms with Crippen molar-refractivity contribution in [2.24, 2.45) is 0 Å². The minimum absolute atomic E-state index is 0.0375. The van der Waals surface area contributed by atoms with E-state index in [0.29, 0.717) is 23.1 Å². The van der Waals surface area contributed by atoms with Crippen LogP contribution in [0.4, 0.5) is 0 Å². The molecule has 0 unspecified atom stereocenters. The van der Waals surface area contributed by atoms with Crippen LogP contribution in [0, 0.1) is 0 Å². The van der Waals surface area contributed by atoms with Crippen LogP contribution in [0.25, 0.3) is 21.7 Å². The number of fused-ring (bicyclic) bond motifs is 3. The lowest BCUT2D eigenvalue weighted by atomic mass is 10.0. The molecule has 2 aromatic carbocycles. The SMILES string of the molecule is O=c1c2c(O)c3ccccc3c(O)c2nc2n1CCCC2. The number of rotatable bonds is 0. The van der Waals surface area contributed by atoms with E-state index in [4.69, 9.17) is 0 Å². The molecule has 3 aromatic rings. The lowest BCUT2D eigenvalue weighted by molar-refractivity contribution is 0.469. The van der Waals surface area contributed by atoms with Gasteiger partial charge in [-0.1, -0.05) is 24.3 Å². The topological polar surface area (TPSA) is 75.3 Å². The van der Waals surface area contributed by atoms with Crippen LogP contribution < -0.4 is 5.56 Å². The average Bonchev–Trinajstić information content (AvgIpc) is 2.52. The lowest BCUT2D eigenvalue weighted by Gasteiger charge is -2.19. The van der Waals surface area contributed by atoms with Crippen molar-refractivity contribution in [1.82, 2.24) is 9.55 Å². The summed E-state index contributed by atoms with van der Waals surface area (Å²) in [5.74, 6) is 0.546. The molecule has 0 spiro atoms. The summed E-state index contributed by atoms with van der Waals surface area (Å²) < 4.78 is 1.61. The Hall–Kier alpha value is -2.56. The van der Waals surface area contributed by atoms with Crippen molar-refractivity contribution in [3.05, 3.63) is 40.4 Å². The number of hydrogen-bond donors (Lipinski definition) is 2. The molecule has 4 rings (SSSR count). The number of phenols is 2. The lowest BCUT2D eigenvalue weighted by Crippen LogP contribution is -2.28. The normalized spacial score (nSPS) is 14.5. The van der Waals surface area contributed by atoms with Crippen molar-refractivity contribution in [2.45, 2.75) is 25.8 Å². The molecular weight excluding hydrogens is 268 g/mol. The zero-order valence-electron chi connectivity index (χ0n) is 11.3. The molecule has 0 atom stereocenters. The molecule has 0 saturated carbocycles. The van der Waals surface area contributed by atoms with Gasteiger partial charge < -0.3 is 10.2 Å². The van der Waals surface area contributed by atoms with Crippen LogP contribution in [0.5, 0.6) is 11.5 Å². The molecule has 106 valence electrons. The Morgan fingerprint density at radius 1 is 1.05 bits per heavy atom. The second kappa shape index (κ2) is 4.22. The quantitative estimate of drug-likeness (QED) is 0.490. The van der Waals surface area contributed by atoms with Crippen LogP contribution in [0.15, 0.2) is 29.1 Å². The van der Waals surface area contributed by atoms with E-state index in [1.807, 2.05) is 0 Å². The molecule has 5 heteroatoms. The van der Waals surface area contributed by atoms with Gasteiger partial charge in [-0.05, 0) is 12.8 Å². The summed E-state index contributed by atoms with van der Waals surface area (Å²) in [5.41, 5.74) is -0.0717. The molecule has 1 aliphatic heterocycles. The van der Waals surface area contributed by atoms with E-state index in [9.17, 15) is 15.0 Å². The van der Waals surface area contributed by atoms with Crippen LogP contribution in [0.2, 0.25) is 0 Å². The summed E-state index contributed by atoms with van der Waals surface area (Å²) in [6.45, 7) is 0.615. The molecule has 0 amide bonds. The van der Waals surface area contributed by atoms with Crippen LogP contribution in [0.1, 0.15) is 18.7 Å². The molecule has 2 N–H and O–H groups in total. The highest BCUT2D eigenvalue weighted by molar-refractivity contribution is 6.08. The maximum absolute atomic E-state index is 12.6. The predicted octanol–water partition coefficient (Wildman–Crippen LogP) is 2.30. The largest absolute Gasteiger partial charge is 0.506 e. The van der Waals surface area contributed by atoms with Gasteiger partial charge in [-0.2, -0.15) is 0 Å². The maximum Gasteiger partial charge on any atom is 0.265 e. The van der Waals surface area contributed by atoms with E-state index in [2.05, 4.69) is 4.98 Å². The van der Waals surface area contributed by atoms with Gasteiger partial charge >= 0.3 is 0 Å². The maximum atomic E-state index is 12.6. The third-order valence-electron chi connectivity index (χ3n) is 4.18. The van der Waals surface area contributed by atoms with Crippen molar-refractivity contribution in [3.8, 4) is 11.5 Å². The average molecular weight is 282 g/mol. The Labute approximate surface area is 120 Å². The molecule has 0 saturated heterocycles. The number of nitrogens with zero attached hydrogens (tertiary/aromatic N) is 2. The zero-order chi connectivity index (χ0) is 14.6. The van der Waals surface area contributed by atoms with E-state index in [1.54, 1.807) is 28.8 Å². The number of aromatic hydroxyl groups is 2. The summed E-state index contributed by atoms with van der Waals surface area (Å²) in [4.78, 5) is 17.1. The second-order valence-electron chi connectivity index (χ2n) is 5.41. The molecule has 0 radical (unpaired) electrons. The minimum atomic E-state index is -0.270. The smallest absolute Gasteiger partial charge is 0.265 e. The van der Waals surface area contributed by atoms with Gasteiger partial charge in [0.25, 0.3) is 5.56 Å². The number of benzene rings is 2. The highest BCUT2D eigenvalue weighted by Crippen LogP contribution is 2.39. The Balaban J connectivity index is 2.27. The Kier molecular flexibility index (Phi) is 2.45. The van der Waals surface area contributed by atoms with E-state index in [1.165, 1.54) is 0 Å². The van der Waals surface area contributed by atoms with Gasteiger partial charge in [-0.15, -0.1) is 0 Å². The Morgan fingerprint density at radius 3 is 2.52 bits per heavy atom. The van der Waals surface area contributed by atoms with Gasteiger partial charge in [0.2, 0.25) is 0 Å².